The average molecular weight is 623 g/mol. The Bertz CT molecular complexity index is 2010. The fraction of sp³-hybridized carbons (Fsp3) is 0.400. The molecular formula is C35H32ClFN6O2. The second kappa shape index (κ2) is 9.76. The number of piperazine rings is 1. The number of benzene rings is 2. The van der Waals surface area contributed by atoms with E-state index in [1.54, 1.807) is 36.3 Å². The highest BCUT2D eigenvalue weighted by molar-refractivity contribution is 6.36. The van der Waals surface area contributed by atoms with Gasteiger partial charge in [0.1, 0.15) is 34.4 Å². The zero-order valence-corrected chi connectivity index (χ0v) is 25.7. The lowest BCUT2D eigenvalue weighted by molar-refractivity contribution is -0.120. The summed E-state index contributed by atoms with van der Waals surface area (Å²) in [6, 6.07) is 8.32. The van der Waals surface area contributed by atoms with Crippen LogP contribution in [0.1, 0.15) is 44.2 Å². The van der Waals surface area contributed by atoms with Crippen molar-refractivity contribution in [2.45, 2.75) is 62.2 Å². The number of phenolic OH excluding ortho intramolecular Hbond substituents is 1. The van der Waals surface area contributed by atoms with Crippen molar-refractivity contribution in [3.05, 3.63) is 53.1 Å². The fourth-order valence-electron chi connectivity index (χ4n) is 8.74. The maximum atomic E-state index is 17.0. The summed E-state index contributed by atoms with van der Waals surface area (Å²) >= 11 is 6.62. The van der Waals surface area contributed by atoms with E-state index in [1.165, 1.54) is 6.07 Å². The van der Waals surface area contributed by atoms with Gasteiger partial charge in [-0.3, -0.25) is 14.7 Å². The lowest BCUT2D eigenvalue weighted by atomic mass is 9.93. The van der Waals surface area contributed by atoms with Crippen molar-refractivity contribution in [3.63, 3.8) is 0 Å². The summed E-state index contributed by atoms with van der Waals surface area (Å²) < 4.78 is 17.0. The van der Waals surface area contributed by atoms with Crippen molar-refractivity contribution in [3.8, 4) is 28.8 Å². The first-order valence-electron chi connectivity index (χ1n) is 15.9. The van der Waals surface area contributed by atoms with Gasteiger partial charge in [0.05, 0.1) is 11.2 Å². The SMILES string of the molecule is CN1C(=O)C2C3CCC(CN2c2c1c(C#CC14CCCN1CCC4)nc1c(F)c(-c4cc(O)cc5cccc(Cl)c45)ncc21)N3. The molecule has 45 heavy (non-hydrogen) atoms. The first kappa shape index (κ1) is 27.3. The molecule has 1 amide bonds. The topological polar surface area (TPSA) is 84.8 Å². The van der Waals surface area contributed by atoms with E-state index in [4.69, 9.17) is 16.6 Å². The number of amides is 1. The third-order valence-corrected chi connectivity index (χ3v) is 11.1. The smallest absolute Gasteiger partial charge is 0.251 e. The summed E-state index contributed by atoms with van der Waals surface area (Å²) in [6.07, 6.45) is 7.76. The molecule has 3 atom stereocenters. The standard InChI is InChI=1S/C35H32ClFN6O2/c1-41-32-26(9-12-35-10-3-13-42(35)14-4-11-35)40-30-23(31(32)43-18-20-7-8-25(39-20)33(43)34(41)45)17-38-29(28(30)37)22-16-21(44)15-19-5-2-6-24(36)27(19)22/h2,5-6,15-17,20,25,33,39,44H,3-4,7-8,10-11,13-14,18H2,1H3. The zero-order chi connectivity index (χ0) is 30.6. The van der Waals surface area contributed by atoms with Gasteiger partial charge in [-0.1, -0.05) is 29.7 Å². The summed E-state index contributed by atoms with van der Waals surface area (Å²) in [4.78, 5) is 29.8. The lowest BCUT2D eigenvalue weighted by Crippen LogP contribution is -2.66. The van der Waals surface area contributed by atoms with Crippen molar-refractivity contribution in [2.24, 2.45) is 0 Å². The molecule has 2 bridgehead atoms. The summed E-state index contributed by atoms with van der Waals surface area (Å²) in [6.45, 7) is 2.70. The van der Waals surface area contributed by atoms with Crippen molar-refractivity contribution < 1.29 is 14.3 Å². The van der Waals surface area contributed by atoms with Gasteiger partial charge in [0.2, 0.25) is 0 Å². The number of nitrogens with zero attached hydrogens (tertiary/aromatic N) is 5. The number of fused-ring (bicyclic) bond motifs is 10. The van der Waals surface area contributed by atoms with Crippen LogP contribution in [0.3, 0.4) is 0 Å². The largest absolute Gasteiger partial charge is 0.508 e. The van der Waals surface area contributed by atoms with E-state index in [-0.39, 0.29) is 40.5 Å². The number of pyridine rings is 2. The van der Waals surface area contributed by atoms with Crippen LogP contribution in [0.2, 0.25) is 5.02 Å². The molecule has 2 N–H and O–H groups in total. The van der Waals surface area contributed by atoms with E-state index < -0.39 is 11.9 Å². The van der Waals surface area contributed by atoms with Gasteiger partial charge in [0.15, 0.2) is 5.82 Å². The van der Waals surface area contributed by atoms with Crippen molar-refractivity contribution >= 4 is 50.6 Å². The van der Waals surface area contributed by atoms with Gasteiger partial charge in [-0.05, 0) is 81.1 Å². The van der Waals surface area contributed by atoms with Crippen molar-refractivity contribution in [1.29, 1.82) is 0 Å². The third-order valence-electron chi connectivity index (χ3n) is 10.8. The van der Waals surface area contributed by atoms with Crippen molar-refractivity contribution in [1.82, 2.24) is 20.2 Å². The Kier molecular flexibility index (Phi) is 5.93. The molecule has 0 radical (unpaired) electrons. The Hall–Kier alpha value is -3.97. The van der Waals surface area contributed by atoms with E-state index in [0.29, 0.717) is 44.7 Å². The maximum Gasteiger partial charge on any atom is 0.251 e. The molecule has 8 nitrogen and oxygen atoms in total. The number of hydrogen-bond acceptors (Lipinski definition) is 7. The van der Waals surface area contributed by atoms with Crippen LogP contribution in [0.15, 0.2) is 36.5 Å². The molecule has 0 saturated carbocycles. The number of aromatic nitrogens is 2. The molecule has 5 aliphatic heterocycles. The van der Waals surface area contributed by atoms with E-state index >= 15 is 4.39 Å². The van der Waals surface area contributed by atoms with Crippen molar-refractivity contribution in [2.75, 3.05) is 36.5 Å². The van der Waals surface area contributed by atoms with Crippen LogP contribution in [0.4, 0.5) is 15.8 Å². The lowest BCUT2D eigenvalue weighted by Gasteiger charge is -2.48. The van der Waals surface area contributed by atoms with Gasteiger partial charge in [-0.25, -0.2) is 9.37 Å². The fourth-order valence-corrected chi connectivity index (χ4v) is 9.03. The summed E-state index contributed by atoms with van der Waals surface area (Å²) in [5.74, 6) is 6.36. The second-order valence-electron chi connectivity index (χ2n) is 13.2. The third kappa shape index (κ3) is 3.89. The number of hydrogen-bond donors (Lipinski definition) is 2. The Morgan fingerprint density at radius 1 is 1.16 bits per heavy atom. The quantitative estimate of drug-likeness (QED) is 0.282. The van der Waals surface area contributed by atoms with Gasteiger partial charge in [-0.15, -0.1) is 0 Å². The summed E-state index contributed by atoms with van der Waals surface area (Å²) in [5.41, 5.74) is 2.17. The van der Waals surface area contributed by atoms with E-state index in [1.807, 2.05) is 6.07 Å². The first-order chi connectivity index (χ1) is 21.8. The molecule has 0 aliphatic carbocycles. The molecule has 7 heterocycles. The average Bonchev–Trinajstić information content (AvgIpc) is 3.72. The Morgan fingerprint density at radius 3 is 2.80 bits per heavy atom. The molecule has 2 aromatic heterocycles. The van der Waals surface area contributed by atoms with Gasteiger partial charge in [0.25, 0.3) is 5.91 Å². The minimum Gasteiger partial charge on any atom is -0.508 e. The van der Waals surface area contributed by atoms with Crippen LogP contribution in [-0.2, 0) is 4.79 Å². The number of aromatic hydroxyl groups is 1. The number of phenols is 1. The summed E-state index contributed by atoms with van der Waals surface area (Å²) in [7, 11) is 1.78. The molecule has 2 aromatic carbocycles. The zero-order valence-electron chi connectivity index (χ0n) is 24.9. The maximum absolute atomic E-state index is 17.0. The molecule has 0 spiro atoms. The minimum atomic E-state index is -0.610. The number of carbonyl (C=O) groups is 1. The van der Waals surface area contributed by atoms with Crippen LogP contribution in [0.25, 0.3) is 32.9 Å². The molecule has 3 unspecified atom stereocenters. The molecule has 9 rings (SSSR count). The number of rotatable bonds is 1. The predicted octanol–water partition coefficient (Wildman–Crippen LogP) is 5.21. The highest BCUT2D eigenvalue weighted by Crippen LogP contribution is 2.48. The molecule has 10 heteroatoms. The number of nitrogens with one attached hydrogen (secondary N) is 1. The molecule has 4 aromatic rings. The normalized spacial score (nSPS) is 25.0. The van der Waals surface area contributed by atoms with Crippen LogP contribution < -0.4 is 15.1 Å². The highest BCUT2D eigenvalue weighted by Gasteiger charge is 2.50. The Morgan fingerprint density at radius 2 is 1.98 bits per heavy atom. The molecule has 4 saturated heterocycles. The van der Waals surface area contributed by atoms with E-state index in [0.717, 1.165) is 57.3 Å². The monoisotopic (exact) mass is 622 g/mol. The Balaban J connectivity index is 1.32. The second-order valence-corrected chi connectivity index (χ2v) is 13.6. The minimum absolute atomic E-state index is 0.00278. The van der Waals surface area contributed by atoms with Gasteiger partial charge in [-0.2, -0.15) is 0 Å². The van der Waals surface area contributed by atoms with Gasteiger partial charge < -0.3 is 20.2 Å². The highest BCUT2D eigenvalue weighted by atomic mass is 35.5. The van der Waals surface area contributed by atoms with Crippen LogP contribution in [0, 0.1) is 17.7 Å². The number of likely N-dealkylation sites (N-methyl/N-ethyl adjacent to an activating group) is 1. The summed E-state index contributed by atoms with van der Waals surface area (Å²) in [5, 5.41) is 16.5. The van der Waals surface area contributed by atoms with Crippen LogP contribution >= 0.6 is 11.6 Å². The number of halogens is 2. The van der Waals surface area contributed by atoms with Gasteiger partial charge in [0, 0.05) is 53.2 Å². The van der Waals surface area contributed by atoms with Crippen LogP contribution in [-0.4, -0.2) is 76.2 Å². The number of carbonyl (C=O) groups excluding carboxylic acids is 1. The van der Waals surface area contributed by atoms with E-state index in [9.17, 15) is 9.90 Å². The van der Waals surface area contributed by atoms with Gasteiger partial charge >= 0.3 is 0 Å². The Labute approximate surface area is 265 Å². The first-order valence-corrected chi connectivity index (χ1v) is 16.2. The van der Waals surface area contributed by atoms with E-state index in [2.05, 4.69) is 31.9 Å². The molecule has 5 aliphatic rings. The molecular weight excluding hydrogens is 591 g/mol. The number of anilines is 2. The predicted molar refractivity (Wildman–Crippen MR) is 173 cm³/mol. The molecule has 228 valence electrons. The van der Waals surface area contributed by atoms with Crippen LogP contribution in [0.5, 0.6) is 5.75 Å². The molecule has 4 fully saturated rings.